The number of ether oxygens (including phenoxy) is 1. The van der Waals surface area contributed by atoms with Gasteiger partial charge in [-0.3, -0.25) is 9.48 Å². The van der Waals surface area contributed by atoms with Crippen molar-refractivity contribution in [1.82, 2.24) is 34.6 Å². The molecule has 0 bridgehead atoms. The first-order valence-corrected chi connectivity index (χ1v) is 14.4. The summed E-state index contributed by atoms with van der Waals surface area (Å²) in [5, 5.41) is 14.3. The number of hydrogen-bond donors (Lipinski definition) is 2. The Kier molecular flexibility index (Phi) is 7.90. The summed E-state index contributed by atoms with van der Waals surface area (Å²) in [5.41, 5.74) is 5.85. The van der Waals surface area contributed by atoms with Crippen molar-refractivity contribution < 1.29 is 14.6 Å². The maximum absolute atomic E-state index is 11.2. The Hall–Kier alpha value is -4.28. The molecule has 42 heavy (non-hydrogen) atoms. The Morgan fingerprint density at radius 1 is 1.00 bits per heavy atom. The van der Waals surface area contributed by atoms with Crippen molar-refractivity contribution in [3.63, 3.8) is 0 Å². The van der Waals surface area contributed by atoms with E-state index in [2.05, 4.69) is 37.1 Å². The number of fused-ring (bicyclic) bond motifs is 1. The summed E-state index contributed by atoms with van der Waals surface area (Å²) >= 11 is 6.63. The molecule has 1 aliphatic carbocycles. The third kappa shape index (κ3) is 6.14. The number of imidazole rings is 1. The van der Waals surface area contributed by atoms with Gasteiger partial charge >= 0.3 is 5.97 Å². The lowest BCUT2D eigenvalue weighted by molar-refractivity contribution is -0.143. The standard InChI is InChI=1S/C31H32ClN7O3/c1-38(2)15-16-39-18-33-28(37-39)22-9-5-20(6-10-22)19-3-7-21(8-4-19)27-25(32)17-26-29(35-27)36-31(34-26)42-24-13-11-23(12-14-24)30(40)41/h3-10,17-18,23-24H,11-16H2,1-2H3,(H,40,41)(H,34,35,36). The average molecular weight is 586 g/mol. The number of aromatic amines is 1. The minimum absolute atomic E-state index is 0.0700. The molecule has 0 radical (unpaired) electrons. The van der Waals surface area contributed by atoms with Gasteiger partial charge in [0.15, 0.2) is 11.5 Å². The number of likely N-dealkylation sites (N-methyl/N-ethyl adjacent to an activating group) is 1. The van der Waals surface area contributed by atoms with E-state index in [1.807, 2.05) is 61.2 Å². The molecule has 2 N–H and O–H groups in total. The first kappa shape index (κ1) is 27.9. The quantitative estimate of drug-likeness (QED) is 0.223. The molecular weight excluding hydrogens is 554 g/mol. The first-order valence-electron chi connectivity index (χ1n) is 14.0. The van der Waals surface area contributed by atoms with Gasteiger partial charge in [-0.1, -0.05) is 60.1 Å². The molecule has 3 heterocycles. The van der Waals surface area contributed by atoms with E-state index in [0.717, 1.165) is 35.3 Å². The number of carbonyl (C=O) groups is 1. The molecule has 1 fully saturated rings. The van der Waals surface area contributed by atoms with Crippen LogP contribution in [0.2, 0.25) is 5.02 Å². The van der Waals surface area contributed by atoms with Crippen molar-refractivity contribution in [2.45, 2.75) is 38.3 Å². The molecule has 0 saturated heterocycles. The fourth-order valence-electron chi connectivity index (χ4n) is 5.21. The van der Waals surface area contributed by atoms with Gasteiger partial charge in [0, 0.05) is 17.7 Å². The average Bonchev–Trinajstić information content (AvgIpc) is 3.62. The van der Waals surface area contributed by atoms with E-state index in [0.29, 0.717) is 59.4 Å². The van der Waals surface area contributed by atoms with Crippen LogP contribution in [0, 0.1) is 5.92 Å². The molecule has 0 unspecified atom stereocenters. The highest BCUT2D eigenvalue weighted by Gasteiger charge is 2.27. The van der Waals surface area contributed by atoms with E-state index in [9.17, 15) is 9.90 Å². The minimum atomic E-state index is -0.734. The number of pyridine rings is 1. The number of carboxylic acid groups (broad SMARTS) is 1. The number of carboxylic acids is 1. The van der Waals surface area contributed by atoms with Crippen molar-refractivity contribution >= 4 is 28.7 Å². The largest absolute Gasteiger partial charge is 0.481 e. The van der Waals surface area contributed by atoms with Crippen molar-refractivity contribution in [3.05, 3.63) is 65.9 Å². The summed E-state index contributed by atoms with van der Waals surface area (Å²) in [6, 6.07) is 18.5. The van der Waals surface area contributed by atoms with Gasteiger partial charge in [-0.15, -0.1) is 0 Å². The van der Waals surface area contributed by atoms with Crippen LogP contribution in [0.15, 0.2) is 60.9 Å². The van der Waals surface area contributed by atoms with Crippen LogP contribution in [-0.2, 0) is 11.3 Å². The summed E-state index contributed by atoms with van der Waals surface area (Å²) < 4.78 is 7.89. The lowest BCUT2D eigenvalue weighted by Gasteiger charge is -2.25. The molecule has 10 nitrogen and oxygen atoms in total. The van der Waals surface area contributed by atoms with Crippen LogP contribution in [0.1, 0.15) is 25.7 Å². The zero-order chi connectivity index (χ0) is 29.2. The Morgan fingerprint density at radius 2 is 1.64 bits per heavy atom. The summed E-state index contributed by atoms with van der Waals surface area (Å²) in [6.07, 6.45) is 4.28. The number of H-pyrrole nitrogens is 1. The van der Waals surface area contributed by atoms with Crippen LogP contribution in [0.4, 0.5) is 0 Å². The smallest absolute Gasteiger partial charge is 0.306 e. The number of aliphatic carboxylic acids is 1. The molecular formula is C31H32ClN7O3. The summed E-state index contributed by atoms with van der Waals surface area (Å²) in [4.78, 5) is 30.2. The monoisotopic (exact) mass is 585 g/mol. The van der Waals surface area contributed by atoms with E-state index in [1.165, 1.54) is 0 Å². The zero-order valence-corrected chi connectivity index (χ0v) is 24.3. The van der Waals surface area contributed by atoms with Crippen molar-refractivity contribution in [3.8, 4) is 39.8 Å². The molecule has 11 heteroatoms. The maximum atomic E-state index is 11.2. The second-order valence-corrected chi connectivity index (χ2v) is 11.4. The predicted molar refractivity (Wildman–Crippen MR) is 161 cm³/mol. The molecule has 6 rings (SSSR count). The Balaban J connectivity index is 1.14. The summed E-state index contributed by atoms with van der Waals surface area (Å²) in [6.45, 7) is 1.70. The number of aromatic nitrogens is 6. The lowest BCUT2D eigenvalue weighted by atomic mass is 9.87. The Morgan fingerprint density at radius 3 is 2.29 bits per heavy atom. The number of hydrogen-bond acceptors (Lipinski definition) is 7. The van der Waals surface area contributed by atoms with Crippen molar-refractivity contribution in [2.75, 3.05) is 20.6 Å². The molecule has 5 aromatic rings. The van der Waals surface area contributed by atoms with E-state index in [-0.39, 0.29) is 12.0 Å². The number of halogens is 1. The minimum Gasteiger partial charge on any atom is -0.481 e. The van der Waals surface area contributed by atoms with Crippen molar-refractivity contribution in [1.29, 1.82) is 0 Å². The molecule has 216 valence electrons. The van der Waals surface area contributed by atoms with Crippen LogP contribution >= 0.6 is 11.6 Å². The Labute approximate surface area is 248 Å². The van der Waals surface area contributed by atoms with E-state index in [1.54, 1.807) is 6.33 Å². The summed E-state index contributed by atoms with van der Waals surface area (Å²) in [7, 11) is 4.08. The molecule has 1 saturated carbocycles. The predicted octanol–water partition coefficient (Wildman–Crippen LogP) is 5.79. The number of rotatable bonds is 9. The van der Waals surface area contributed by atoms with Gasteiger partial charge in [-0.2, -0.15) is 10.1 Å². The highest BCUT2D eigenvalue weighted by molar-refractivity contribution is 6.33. The van der Waals surface area contributed by atoms with Crippen LogP contribution in [0.25, 0.3) is 44.9 Å². The second-order valence-electron chi connectivity index (χ2n) is 11.0. The van der Waals surface area contributed by atoms with Crippen LogP contribution in [0.5, 0.6) is 6.01 Å². The van der Waals surface area contributed by atoms with Gasteiger partial charge in [0.2, 0.25) is 0 Å². The number of nitrogens with one attached hydrogen (secondary N) is 1. The molecule has 0 aliphatic heterocycles. The number of nitrogens with zero attached hydrogens (tertiary/aromatic N) is 6. The zero-order valence-electron chi connectivity index (χ0n) is 23.5. The SMILES string of the molecule is CN(C)CCn1cnc(-c2ccc(-c3ccc(-c4nc5nc(OC6CCC(C(=O)O)CC6)[nH]c5cc4Cl)cc3)cc2)n1. The third-order valence-electron chi connectivity index (χ3n) is 7.65. The molecule has 0 spiro atoms. The van der Waals surface area contributed by atoms with Crippen LogP contribution in [0.3, 0.4) is 0 Å². The van der Waals surface area contributed by atoms with Gasteiger partial charge in [-0.25, -0.2) is 9.97 Å². The fourth-order valence-corrected chi connectivity index (χ4v) is 5.47. The molecule has 0 amide bonds. The summed E-state index contributed by atoms with van der Waals surface area (Å²) in [5.74, 6) is -0.313. The molecule has 0 atom stereocenters. The topological polar surface area (TPSA) is 122 Å². The van der Waals surface area contributed by atoms with Gasteiger partial charge in [0.05, 0.1) is 28.7 Å². The highest BCUT2D eigenvalue weighted by atomic mass is 35.5. The molecule has 2 aromatic carbocycles. The van der Waals surface area contributed by atoms with Gasteiger partial charge in [-0.05, 0) is 57.0 Å². The van der Waals surface area contributed by atoms with Crippen LogP contribution in [-0.4, -0.2) is 72.4 Å². The van der Waals surface area contributed by atoms with Gasteiger partial charge in [0.25, 0.3) is 6.01 Å². The van der Waals surface area contributed by atoms with Gasteiger partial charge in [0.1, 0.15) is 12.4 Å². The van der Waals surface area contributed by atoms with Crippen LogP contribution < -0.4 is 4.74 Å². The van der Waals surface area contributed by atoms with E-state index >= 15 is 0 Å². The second kappa shape index (κ2) is 11.9. The molecule has 3 aromatic heterocycles. The Bertz CT molecular complexity index is 1690. The fraction of sp³-hybridized carbons (Fsp3) is 0.323. The van der Waals surface area contributed by atoms with Gasteiger partial charge < -0.3 is 19.7 Å². The molecule has 1 aliphatic rings. The normalized spacial score (nSPS) is 17.1. The lowest BCUT2D eigenvalue weighted by Crippen LogP contribution is -2.28. The third-order valence-corrected chi connectivity index (χ3v) is 7.94. The number of benzene rings is 2. The van der Waals surface area contributed by atoms with E-state index < -0.39 is 5.97 Å². The van der Waals surface area contributed by atoms with Crippen molar-refractivity contribution in [2.24, 2.45) is 5.92 Å². The maximum Gasteiger partial charge on any atom is 0.306 e. The highest BCUT2D eigenvalue weighted by Crippen LogP contribution is 2.33. The van der Waals surface area contributed by atoms with E-state index in [4.69, 9.17) is 21.3 Å². The first-order chi connectivity index (χ1) is 20.3.